The molecule has 1 aliphatic carbocycles. The van der Waals surface area contributed by atoms with Crippen molar-refractivity contribution in [1.29, 1.82) is 0 Å². The quantitative estimate of drug-likeness (QED) is 0.710. The highest BCUT2D eigenvalue weighted by Gasteiger charge is 2.27. The summed E-state index contributed by atoms with van der Waals surface area (Å²) in [4.78, 5) is 12.2. The second-order valence-corrected chi connectivity index (χ2v) is 7.07. The number of carbonyl (C=O) groups excluding carboxylic acids is 1. The third-order valence-electron chi connectivity index (χ3n) is 4.56. The third kappa shape index (κ3) is 4.20. The van der Waals surface area contributed by atoms with Crippen LogP contribution in [-0.2, 0) is 4.74 Å². The largest absolute Gasteiger partial charge is 0.508 e. The van der Waals surface area contributed by atoms with E-state index in [9.17, 15) is 15.0 Å². The number of rotatable bonds is 3. The Kier molecular flexibility index (Phi) is 5.40. The maximum Gasteiger partial charge on any atom is 0.338 e. The number of hydrogen-bond acceptors (Lipinski definition) is 4. The van der Waals surface area contributed by atoms with E-state index in [1.54, 1.807) is 24.3 Å². The van der Waals surface area contributed by atoms with Crippen LogP contribution < -0.4 is 0 Å². The highest BCUT2D eigenvalue weighted by atomic mass is 35.5. The highest BCUT2D eigenvalue weighted by Crippen LogP contribution is 2.39. The number of benzene rings is 2. The predicted molar refractivity (Wildman–Crippen MR) is 96.6 cm³/mol. The van der Waals surface area contributed by atoms with Gasteiger partial charge in [0.2, 0.25) is 0 Å². The van der Waals surface area contributed by atoms with E-state index >= 15 is 0 Å². The van der Waals surface area contributed by atoms with Crippen LogP contribution in [0.1, 0.15) is 47.5 Å². The highest BCUT2D eigenvalue weighted by molar-refractivity contribution is 6.42. The summed E-state index contributed by atoms with van der Waals surface area (Å²) in [5.41, 5.74) is 1.21. The molecule has 2 aromatic carbocycles. The maximum atomic E-state index is 12.2. The Balaban J connectivity index is 1.58. The predicted octanol–water partition coefficient (Wildman–Crippen LogP) is 5.29. The van der Waals surface area contributed by atoms with Crippen molar-refractivity contribution in [3.8, 4) is 11.5 Å². The van der Waals surface area contributed by atoms with Crippen molar-refractivity contribution in [3.63, 3.8) is 0 Å². The number of hydrogen-bond donors (Lipinski definition) is 2. The second-order valence-electron chi connectivity index (χ2n) is 6.25. The molecule has 4 nitrogen and oxygen atoms in total. The molecular formula is C19H18Cl2O4. The Bertz CT molecular complexity index is 783. The summed E-state index contributed by atoms with van der Waals surface area (Å²) < 4.78 is 5.56. The van der Waals surface area contributed by atoms with Gasteiger partial charge in [0.15, 0.2) is 0 Å². The number of phenols is 2. The van der Waals surface area contributed by atoms with E-state index in [2.05, 4.69) is 0 Å². The van der Waals surface area contributed by atoms with E-state index in [1.807, 2.05) is 0 Å². The Morgan fingerprint density at radius 1 is 0.960 bits per heavy atom. The van der Waals surface area contributed by atoms with Gasteiger partial charge < -0.3 is 14.9 Å². The molecule has 1 fully saturated rings. The number of carbonyl (C=O) groups is 1. The molecule has 3 rings (SSSR count). The molecule has 1 saturated carbocycles. The smallest absolute Gasteiger partial charge is 0.338 e. The first-order chi connectivity index (χ1) is 11.9. The Morgan fingerprint density at radius 3 is 2.32 bits per heavy atom. The van der Waals surface area contributed by atoms with Crippen molar-refractivity contribution in [2.75, 3.05) is 0 Å². The number of halogens is 2. The number of aromatic hydroxyl groups is 2. The van der Waals surface area contributed by atoms with Crippen LogP contribution in [0.25, 0.3) is 0 Å². The van der Waals surface area contributed by atoms with Crippen LogP contribution in [0.2, 0.25) is 10.0 Å². The fourth-order valence-electron chi connectivity index (χ4n) is 3.21. The Labute approximate surface area is 156 Å². The van der Waals surface area contributed by atoms with Crippen LogP contribution in [0.4, 0.5) is 0 Å². The molecule has 0 atom stereocenters. The topological polar surface area (TPSA) is 66.8 Å². The number of phenolic OH excluding ortho intramolecular Hbond substituents is 2. The average Bonchev–Trinajstić information content (AvgIpc) is 2.58. The molecule has 0 heterocycles. The minimum Gasteiger partial charge on any atom is -0.508 e. The molecule has 2 N–H and O–H groups in total. The molecule has 0 saturated heterocycles. The average molecular weight is 381 g/mol. The first-order valence-corrected chi connectivity index (χ1v) is 8.87. The fraction of sp³-hybridized carbons (Fsp3) is 0.316. The van der Waals surface area contributed by atoms with Crippen LogP contribution in [0.3, 0.4) is 0 Å². The van der Waals surface area contributed by atoms with E-state index in [0.29, 0.717) is 15.6 Å². The van der Waals surface area contributed by atoms with Crippen molar-refractivity contribution < 1.29 is 19.7 Å². The van der Waals surface area contributed by atoms with Crippen molar-refractivity contribution >= 4 is 29.2 Å². The van der Waals surface area contributed by atoms with Gasteiger partial charge in [0, 0.05) is 6.07 Å². The molecule has 0 amide bonds. The Hall–Kier alpha value is -1.91. The maximum absolute atomic E-state index is 12.2. The summed E-state index contributed by atoms with van der Waals surface area (Å²) in [7, 11) is 0. The SMILES string of the molecule is O=C(O[C@H]1CC[C@H](c2ccc(O)cc2O)CC1)c1ccc(Cl)c(Cl)c1. The summed E-state index contributed by atoms with van der Waals surface area (Å²) >= 11 is 11.8. The zero-order chi connectivity index (χ0) is 18.0. The molecule has 0 spiro atoms. The van der Waals surface area contributed by atoms with Gasteiger partial charge >= 0.3 is 5.97 Å². The normalized spacial score (nSPS) is 20.2. The summed E-state index contributed by atoms with van der Waals surface area (Å²) in [5.74, 6) is -0.0585. The summed E-state index contributed by atoms with van der Waals surface area (Å²) in [6.45, 7) is 0. The van der Waals surface area contributed by atoms with Crippen LogP contribution in [0, 0.1) is 0 Å². The molecule has 6 heteroatoms. The molecule has 2 aromatic rings. The third-order valence-corrected chi connectivity index (χ3v) is 5.30. The van der Waals surface area contributed by atoms with Gasteiger partial charge in [-0.15, -0.1) is 0 Å². The molecule has 1 aliphatic rings. The lowest BCUT2D eigenvalue weighted by molar-refractivity contribution is 0.0194. The van der Waals surface area contributed by atoms with E-state index in [-0.39, 0.29) is 23.5 Å². The lowest BCUT2D eigenvalue weighted by atomic mass is 9.82. The van der Waals surface area contributed by atoms with Crippen LogP contribution in [0.15, 0.2) is 36.4 Å². The molecular weight excluding hydrogens is 363 g/mol. The first-order valence-electron chi connectivity index (χ1n) is 8.12. The monoisotopic (exact) mass is 380 g/mol. The van der Waals surface area contributed by atoms with Gasteiger partial charge in [-0.3, -0.25) is 0 Å². The summed E-state index contributed by atoms with van der Waals surface area (Å²) in [6, 6.07) is 9.35. The zero-order valence-corrected chi connectivity index (χ0v) is 14.9. The molecule has 0 radical (unpaired) electrons. The van der Waals surface area contributed by atoms with E-state index in [4.69, 9.17) is 27.9 Å². The molecule has 0 aromatic heterocycles. The van der Waals surface area contributed by atoms with Crippen LogP contribution in [0.5, 0.6) is 11.5 Å². The van der Waals surface area contributed by atoms with Crippen molar-refractivity contribution in [2.24, 2.45) is 0 Å². The van der Waals surface area contributed by atoms with E-state index in [0.717, 1.165) is 31.2 Å². The fourth-order valence-corrected chi connectivity index (χ4v) is 3.51. The molecule has 0 aliphatic heterocycles. The minimum absolute atomic E-state index is 0.0468. The minimum atomic E-state index is -0.408. The van der Waals surface area contributed by atoms with Gasteiger partial charge in [-0.25, -0.2) is 4.79 Å². The second kappa shape index (κ2) is 7.54. The lowest BCUT2D eigenvalue weighted by Gasteiger charge is -2.29. The number of esters is 1. The number of ether oxygens (including phenoxy) is 1. The van der Waals surface area contributed by atoms with Crippen LogP contribution in [-0.4, -0.2) is 22.3 Å². The van der Waals surface area contributed by atoms with Gasteiger partial charge in [-0.1, -0.05) is 29.3 Å². The van der Waals surface area contributed by atoms with Gasteiger partial charge in [0.25, 0.3) is 0 Å². The summed E-state index contributed by atoms with van der Waals surface area (Å²) in [5, 5.41) is 20.1. The lowest BCUT2D eigenvalue weighted by Crippen LogP contribution is -2.24. The van der Waals surface area contributed by atoms with Gasteiger partial charge in [0.1, 0.15) is 17.6 Å². The van der Waals surface area contributed by atoms with Gasteiger partial charge in [0.05, 0.1) is 15.6 Å². The molecule has 0 bridgehead atoms. The summed E-state index contributed by atoms with van der Waals surface area (Å²) in [6.07, 6.45) is 2.89. The molecule has 132 valence electrons. The van der Waals surface area contributed by atoms with Crippen molar-refractivity contribution in [1.82, 2.24) is 0 Å². The van der Waals surface area contributed by atoms with Crippen molar-refractivity contribution in [3.05, 3.63) is 57.6 Å². The van der Waals surface area contributed by atoms with E-state index in [1.165, 1.54) is 12.1 Å². The zero-order valence-electron chi connectivity index (χ0n) is 13.4. The first kappa shape index (κ1) is 17.9. The van der Waals surface area contributed by atoms with Gasteiger partial charge in [-0.2, -0.15) is 0 Å². The van der Waals surface area contributed by atoms with E-state index < -0.39 is 5.97 Å². The Morgan fingerprint density at radius 2 is 1.68 bits per heavy atom. The van der Waals surface area contributed by atoms with Crippen LogP contribution >= 0.6 is 23.2 Å². The standard InChI is InChI=1S/C19H18Cl2O4/c20-16-8-3-12(9-17(16)21)19(24)25-14-5-1-11(2-6-14)15-7-4-13(22)10-18(15)23/h3-4,7-11,14,22-23H,1-2,5-6H2/t11-,14-. The van der Waals surface area contributed by atoms with Crippen molar-refractivity contribution in [2.45, 2.75) is 37.7 Å². The van der Waals surface area contributed by atoms with Gasteiger partial charge in [-0.05, 0) is 61.4 Å². The molecule has 25 heavy (non-hydrogen) atoms. The molecule has 0 unspecified atom stereocenters.